The average molecular weight is 328 g/mol. The molecule has 2 rings (SSSR count). The predicted molar refractivity (Wildman–Crippen MR) is 77.6 cm³/mol. The third kappa shape index (κ3) is 4.73. The number of pyridine rings is 1. The van der Waals surface area contributed by atoms with E-state index < -0.39 is 25.2 Å². The van der Waals surface area contributed by atoms with Gasteiger partial charge in [-0.15, -0.1) is 0 Å². The lowest BCUT2D eigenvalue weighted by atomic mass is 10.1. The topological polar surface area (TPSA) is 60.5 Å². The maximum absolute atomic E-state index is 12.0. The highest BCUT2D eigenvalue weighted by Crippen LogP contribution is 2.28. The van der Waals surface area contributed by atoms with Gasteiger partial charge < -0.3 is 14.8 Å². The number of rotatable bonds is 5. The smallest absolute Gasteiger partial charge is 0.405 e. The molecule has 1 amide bonds. The zero-order valence-electron chi connectivity index (χ0n) is 12.5. The van der Waals surface area contributed by atoms with E-state index in [0.29, 0.717) is 28.1 Å². The van der Waals surface area contributed by atoms with Crippen molar-refractivity contribution >= 4 is 16.8 Å². The molecule has 0 saturated heterocycles. The molecule has 2 aromatic rings. The summed E-state index contributed by atoms with van der Waals surface area (Å²) in [4.78, 5) is 15.8. The van der Waals surface area contributed by atoms with Gasteiger partial charge in [-0.1, -0.05) is 0 Å². The SMILES string of the molecule is COc1ccc2nc(C)cc(OCC(=O)NCC(F)(F)F)c2c1. The van der Waals surface area contributed by atoms with Gasteiger partial charge in [-0.3, -0.25) is 9.78 Å². The molecule has 1 aromatic heterocycles. The Morgan fingerprint density at radius 1 is 1.30 bits per heavy atom. The van der Waals surface area contributed by atoms with E-state index in [4.69, 9.17) is 9.47 Å². The molecule has 23 heavy (non-hydrogen) atoms. The van der Waals surface area contributed by atoms with Gasteiger partial charge in [-0.05, 0) is 25.1 Å². The van der Waals surface area contributed by atoms with Crippen LogP contribution in [0.15, 0.2) is 24.3 Å². The lowest BCUT2D eigenvalue weighted by molar-refractivity contribution is -0.139. The molecule has 0 spiro atoms. The Bertz CT molecular complexity index is 717. The van der Waals surface area contributed by atoms with Crippen molar-refractivity contribution in [3.63, 3.8) is 0 Å². The van der Waals surface area contributed by atoms with Crippen molar-refractivity contribution < 1.29 is 27.4 Å². The summed E-state index contributed by atoms with van der Waals surface area (Å²) in [7, 11) is 1.51. The van der Waals surface area contributed by atoms with E-state index in [9.17, 15) is 18.0 Å². The molecule has 0 saturated carbocycles. The minimum absolute atomic E-state index is 0.355. The summed E-state index contributed by atoms with van der Waals surface area (Å²) < 4.78 is 46.6. The number of aromatic nitrogens is 1. The summed E-state index contributed by atoms with van der Waals surface area (Å²) in [5.74, 6) is 0.0796. The number of fused-ring (bicyclic) bond motifs is 1. The van der Waals surface area contributed by atoms with Crippen LogP contribution in [0.2, 0.25) is 0 Å². The van der Waals surface area contributed by atoms with E-state index in [1.165, 1.54) is 7.11 Å². The van der Waals surface area contributed by atoms with Crippen molar-refractivity contribution in [2.75, 3.05) is 20.3 Å². The Morgan fingerprint density at radius 2 is 2.04 bits per heavy atom. The lowest BCUT2D eigenvalue weighted by Crippen LogP contribution is -2.36. The first-order chi connectivity index (χ1) is 10.8. The number of hydrogen-bond acceptors (Lipinski definition) is 4. The molecule has 1 aromatic carbocycles. The van der Waals surface area contributed by atoms with Crippen LogP contribution in [-0.4, -0.2) is 37.3 Å². The molecule has 0 fully saturated rings. The fraction of sp³-hybridized carbons (Fsp3) is 0.333. The first kappa shape index (κ1) is 16.9. The second kappa shape index (κ2) is 6.72. The number of nitrogens with one attached hydrogen (secondary N) is 1. The van der Waals surface area contributed by atoms with Gasteiger partial charge in [0.25, 0.3) is 5.91 Å². The zero-order valence-corrected chi connectivity index (χ0v) is 12.5. The van der Waals surface area contributed by atoms with Crippen LogP contribution in [0.1, 0.15) is 5.69 Å². The average Bonchev–Trinajstić information content (AvgIpc) is 2.49. The standard InChI is InChI=1S/C15H15F3N2O3/c1-9-5-13(23-7-14(21)19-8-15(16,17)18)11-6-10(22-2)3-4-12(11)20-9/h3-6H,7-8H2,1-2H3,(H,19,21). The molecule has 0 unspecified atom stereocenters. The van der Waals surface area contributed by atoms with E-state index in [1.54, 1.807) is 36.5 Å². The van der Waals surface area contributed by atoms with Gasteiger partial charge in [0, 0.05) is 17.1 Å². The van der Waals surface area contributed by atoms with Crippen LogP contribution >= 0.6 is 0 Å². The number of aryl methyl sites for hydroxylation is 1. The second-order valence-electron chi connectivity index (χ2n) is 4.83. The predicted octanol–water partition coefficient (Wildman–Crippen LogP) is 2.61. The normalized spacial score (nSPS) is 11.3. The molecule has 8 heteroatoms. The molecule has 0 radical (unpaired) electrons. The number of hydrogen-bond donors (Lipinski definition) is 1. The molecule has 0 aliphatic carbocycles. The molecular weight excluding hydrogens is 313 g/mol. The van der Waals surface area contributed by atoms with Gasteiger partial charge >= 0.3 is 6.18 Å². The lowest BCUT2D eigenvalue weighted by Gasteiger charge is -2.12. The zero-order chi connectivity index (χ0) is 17.0. The Balaban J connectivity index is 2.14. The first-order valence-electron chi connectivity index (χ1n) is 6.70. The number of carbonyl (C=O) groups is 1. The highest BCUT2D eigenvalue weighted by Gasteiger charge is 2.27. The van der Waals surface area contributed by atoms with Gasteiger partial charge in [-0.25, -0.2) is 0 Å². The number of methoxy groups -OCH3 is 1. The van der Waals surface area contributed by atoms with Crippen molar-refractivity contribution in [2.45, 2.75) is 13.1 Å². The molecule has 0 aliphatic rings. The molecule has 5 nitrogen and oxygen atoms in total. The maximum Gasteiger partial charge on any atom is 0.405 e. The molecular formula is C15H15F3N2O3. The van der Waals surface area contributed by atoms with E-state index in [-0.39, 0.29) is 0 Å². The van der Waals surface area contributed by atoms with Gasteiger partial charge in [0.05, 0.1) is 12.6 Å². The Kier molecular flexibility index (Phi) is 4.92. The molecule has 1 heterocycles. The summed E-state index contributed by atoms with van der Waals surface area (Å²) in [6.07, 6.45) is -4.46. The monoisotopic (exact) mass is 328 g/mol. The highest BCUT2D eigenvalue weighted by molar-refractivity contribution is 5.87. The van der Waals surface area contributed by atoms with Gasteiger partial charge in [0.2, 0.25) is 0 Å². The molecule has 0 atom stereocenters. The van der Waals surface area contributed by atoms with E-state index in [1.807, 2.05) is 0 Å². The molecule has 124 valence electrons. The summed E-state index contributed by atoms with van der Waals surface area (Å²) >= 11 is 0. The Labute approximate surface area is 130 Å². The molecule has 0 aliphatic heterocycles. The van der Waals surface area contributed by atoms with Crippen molar-refractivity contribution in [1.29, 1.82) is 0 Å². The molecule has 0 bridgehead atoms. The van der Waals surface area contributed by atoms with Crippen LogP contribution in [-0.2, 0) is 4.79 Å². The fourth-order valence-corrected chi connectivity index (χ4v) is 1.94. The summed E-state index contributed by atoms with van der Waals surface area (Å²) in [6, 6.07) is 6.76. The van der Waals surface area contributed by atoms with Crippen LogP contribution in [0, 0.1) is 6.92 Å². The highest BCUT2D eigenvalue weighted by atomic mass is 19.4. The van der Waals surface area contributed by atoms with Crippen molar-refractivity contribution in [1.82, 2.24) is 10.3 Å². The van der Waals surface area contributed by atoms with Crippen molar-refractivity contribution in [3.8, 4) is 11.5 Å². The number of nitrogens with zero attached hydrogens (tertiary/aromatic N) is 1. The van der Waals surface area contributed by atoms with Crippen LogP contribution in [0.25, 0.3) is 10.9 Å². The van der Waals surface area contributed by atoms with Crippen molar-refractivity contribution in [2.24, 2.45) is 0 Å². The summed E-state index contributed by atoms with van der Waals surface area (Å²) in [5.41, 5.74) is 1.30. The third-order valence-electron chi connectivity index (χ3n) is 2.95. The number of halogens is 3. The van der Waals surface area contributed by atoms with E-state index in [2.05, 4.69) is 4.98 Å². The summed E-state index contributed by atoms with van der Waals surface area (Å²) in [6.45, 7) is -0.161. The van der Waals surface area contributed by atoms with Crippen LogP contribution in [0.5, 0.6) is 11.5 Å². The minimum atomic E-state index is -4.46. The second-order valence-corrected chi connectivity index (χ2v) is 4.83. The Morgan fingerprint density at radius 3 is 2.70 bits per heavy atom. The molecule has 1 N–H and O–H groups in total. The van der Waals surface area contributed by atoms with E-state index >= 15 is 0 Å². The Hall–Kier alpha value is -2.51. The largest absolute Gasteiger partial charge is 0.497 e. The third-order valence-corrected chi connectivity index (χ3v) is 2.95. The fourth-order valence-electron chi connectivity index (χ4n) is 1.94. The number of benzene rings is 1. The first-order valence-corrected chi connectivity index (χ1v) is 6.70. The number of carbonyl (C=O) groups excluding carboxylic acids is 1. The van der Waals surface area contributed by atoms with Gasteiger partial charge in [0.1, 0.15) is 18.0 Å². The number of alkyl halides is 3. The van der Waals surface area contributed by atoms with Gasteiger partial charge in [0.15, 0.2) is 6.61 Å². The quantitative estimate of drug-likeness (QED) is 0.916. The maximum atomic E-state index is 12.0. The van der Waals surface area contributed by atoms with Crippen LogP contribution < -0.4 is 14.8 Å². The van der Waals surface area contributed by atoms with Crippen LogP contribution in [0.4, 0.5) is 13.2 Å². The van der Waals surface area contributed by atoms with Crippen molar-refractivity contribution in [3.05, 3.63) is 30.0 Å². The number of amides is 1. The van der Waals surface area contributed by atoms with Crippen LogP contribution in [0.3, 0.4) is 0 Å². The number of ether oxygens (including phenoxy) is 2. The van der Waals surface area contributed by atoms with E-state index in [0.717, 1.165) is 0 Å². The van der Waals surface area contributed by atoms with Gasteiger partial charge in [-0.2, -0.15) is 13.2 Å². The minimum Gasteiger partial charge on any atom is -0.497 e. The summed E-state index contributed by atoms with van der Waals surface area (Å²) in [5, 5.41) is 2.36.